The van der Waals surface area contributed by atoms with E-state index in [1.165, 1.54) is 5.39 Å². The van der Waals surface area contributed by atoms with Crippen molar-refractivity contribution in [3.63, 3.8) is 0 Å². The number of hydrogen-bond acceptors (Lipinski definition) is 1. The van der Waals surface area contributed by atoms with Gasteiger partial charge in [0.25, 0.3) is 0 Å². The van der Waals surface area contributed by atoms with Gasteiger partial charge in [0.05, 0.1) is 6.54 Å². The minimum atomic E-state index is 0.586. The predicted octanol–water partition coefficient (Wildman–Crippen LogP) is 4.00. The molecule has 0 aliphatic rings. The number of nitrogens with zero attached hydrogens (tertiary/aromatic N) is 1. The second-order valence-electron chi connectivity index (χ2n) is 4.75. The molecule has 0 aromatic heterocycles. The summed E-state index contributed by atoms with van der Waals surface area (Å²) in [5.41, 5.74) is 2.04. The maximum absolute atomic E-state index is 11.4. The molecule has 0 radical (unpaired) electrons. The molecule has 0 heterocycles. The van der Waals surface area contributed by atoms with E-state index in [4.69, 9.17) is 0 Å². The number of hydrogen-bond donors (Lipinski definition) is 0. The first-order valence-electron chi connectivity index (χ1n) is 6.61. The average Bonchev–Trinajstić information content (AvgIpc) is 2.53. The molecule has 0 saturated carbocycles. The van der Waals surface area contributed by atoms with E-state index in [9.17, 15) is 4.79 Å². The van der Waals surface area contributed by atoms with Gasteiger partial charge < -0.3 is 4.90 Å². The predicted molar refractivity (Wildman–Crippen MR) is 82.6 cm³/mol. The van der Waals surface area contributed by atoms with E-state index >= 15 is 0 Å². The van der Waals surface area contributed by atoms with Crippen LogP contribution in [0.15, 0.2) is 72.8 Å². The molecule has 0 N–H and O–H groups in total. The molecule has 0 fully saturated rings. The number of fused-ring (bicyclic) bond motifs is 1. The fourth-order valence-corrected chi connectivity index (χ4v) is 2.32. The molecule has 3 rings (SSSR count). The van der Waals surface area contributed by atoms with Crippen LogP contribution in [0.2, 0.25) is 0 Å². The van der Waals surface area contributed by atoms with Gasteiger partial charge in [0.2, 0.25) is 6.41 Å². The molecule has 0 unspecified atom stereocenters. The Labute approximate surface area is 118 Å². The Morgan fingerprint density at radius 2 is 1.50 bits per heavy atom. The van der Waals surface area contributed by atoms with Crippen LogP contribution in [-0.2, 0) is 11.3 Å². The van der Waals surface area contributed by atoms with E-state index in [0.717, 1.165) is 23.0 Å². The molecule has 20 heavy (non-hydrogen) atoms. The third-order valence-electron chi connectivity index (χ3n) is 3.39. The lowest BCUT2D eigenvalue weighted by molar-refractivity contribution is -0.107. The summed E-state index contributed by atoms with van der Waals surface area (Å²) in [5, 5.41) is 2.33. The highest BCUT2D eigenvalue weighted by Gasteiger charge is 2.06. The van der Waals surface area contributed by atoms with E-state index in [-0.39, 0.29) is 0 Å². The van der Waals surface area contributed by atoms with Gasteiger partial charge in [0.15, 0.2) is 0 Å². The summed E-state index contributed by atoms with van der Waals surface area (Å²) in [6, 6.07) is 24.2. The summed E-state index contributed by atoms with van der Waals surface area (Å²) in [7, 11) is 0. The summed E-state index contributed by atoms with van der Waals surface area (Å²) < 4.78 is 0. The third-order valence-corrected chi connectivity index (χ3v) is 3.39. The quantitative estimate of drug-likeness (QED) is 0.650. The van der Waals surface area contributed by atoms with Crippen LogP contribution in [0.3, 0.4) is 0 Å². The number of carbonyl (C=O) groups is 1. The van der Waals surface area contributed by atoms with Crippen molar-refractivity contribution in [2.45, 2.75) is 6.54 Å². The van der Waals surface area contributed by atoms with Gasteiger partial charge in [-0.25, -0.2) is 0 Å². The Hall–Kier alpha value is -2.61. The average molecular weight is 261 g/mol. The molecular formula is C18H15NO. The van der Waals surface area contributed by atoms with Crippen molar-refractivity contribution in [2.24, 2.45) is 0 Å². The highest BCUT2D eigenvalue weighted by molar-refractivity contribution is 5.88. The van der Waals surface area contributed by atoms with Crippen LogP contribution < -0.4 is 4.90 Å². The Morgan fingerprint density at radius 1 is 0.800 bits per heavy atom. The number of rotatable bonds is 4. The van der Waals surface area contributed by atoms with Crippen LogP contribution in [-0.4, -0.2) is 6.41 Å². The van der Waals surface area contributed by atoms with Crippen LogP contribution >= 0.6 is 0 Å². The minimum Gasteiger partial charge on any atom is -0.311 e. The van der Waals surface area contributed by atoms with E-state index in [1.807, 2.05) is 60.7 Å². The zero-order valence-electron chi connectivity index (χ0n) is 11.1. The Bertz CT molecular complexity index is 722. The first kappa shape index (κ1) is 12.4. The van der Waals surface area contributed by atoms with Gasteiger partial charge in [0.1, 0.15) is 0 Å². The van der Waals surface area contributed by atoms with Crippen molar-refractivity contribution in [1.29, 1.82) is 0 Å². The maximum atomic E-state index is 11.4. The summed E-state index contributed by atoms with van der Waals surface area (Å²) >= 11 is 0. The number of carbonyl (C=O) groups excluding carboxylic acids is 1. The normalized spacial score (nSPS) is 10.4. The largest absolute Gasteiger partial charge is 0.311 e. The van der Waals surface area contributed by atoms with Crippen molar-refractivity contribution in [2.75, 3.05) is 4.90 Å². The van der Waals surface area contributed by atoms with E-state index < -0.39 is 0 Å². The molecule has 0 saturated heterocycles. The monoisotopic (exact) mass is 261 g/mol. The molecule has 3 aromatic rings. The van der Waals surface area contributed by atoms with Gasteiger partial charge in [-0.05, 0) is 28.5 Å². The van der Waals surface area contributed by atoms with Gasteiger partial charge in [-0.3, -0.25) is 4.79 Å². The van der Waals surface area contributed by atoms with E-state index in [1.54, 1.807) is 4.90 Å². The standard InChI is InChI=1S/C18H15NO/c20-14-19(13-15-6-2-1-3-7-15)18-11-10-16-8-4-5-9-17(16)12-18/h1-12,14H,13H2. The zero-order chi connectivity index (χ0) is 13.8. The SMILES string of the molecule is O=CN(Cc1ccccc1)c1ccc2ccccc2c1. The lowest BCUT2D eigenvalue weighted by Gasteiger charge is -2.18. The molecule has 0 spiro atoms. The van der Waals surface area contributed by atoms with Crippen molar-refractivity contribution in [3.8, 4) is 0 Å². The smallest absolute Gasteiger partial charge is 0.214 e. The fraction of sp³-hybridized carbons (Fsp3) is 0.0556. The summed E-state index contributed by atoms with van der Waals surface area (Å²) in [6.45, 7) is 0.586. The molecule has 0 atom stereocenters. The van der Waals surface area contributed by atoms with Crippen LogP contribution in [0.25, 0.3) is 10.8 Å². The molecule has 0 bridgehead atoms. The van der Waals surface area contributed by atoms with Crippen LogP contribution in [0.4, 0.5) is 5.69 Å². The first-order chi connectivity index (χ1) is 9.86. The van der Waals surface area contributed by atoms with Crippen molar-refractivity contribution >= 4 is 22.9 Å². The van der Waals surface area contributed by atoms with Crippen LogP contribution in [0.1, 0.15) is 5.56 Å². The maximum Gasteiger partial charge on any atom is 0.214 e. The Kier molecular flexibility index (Phi) is 3.46. The summed E-state index contributed by atoms with van der Waals surface area (Å²) in [4.78, 5) is 13.1. The van der Waals surface area contributed by atoms with E-state index in [2.05, 4.69) is 12.1 Å². The molecular weight excluding hydrogens is 246 g/mol. The molecule has 2 nitrogen and oxygen atoms in total. The van der Waals surface area contributed by atoms with Crippen molar-refractivity contribution in [3.05, 3.63) is 78.4 Å². The van der Waals surface area contributed by atoms with Crippen LogP contribution in [0.5, 0.6) is 0 Å². The Morgan fingerprint density at radius 3 is 2.25 bits per heavy atom. The molecule has 1 amide bonds. The highest BCUT2D eigenvalue weighted by atomic mass is 16.1. The fourth-order valence-electron chi connectivity index (χ4n) is 2.32. The topological polar surface area (TPSA) is 20.3 Å². The lowest BCUT2D eigenvalue weighted by atomic mass is 10.1. The lowest BCUT2D eigenvalue weighted by Crippen LogP contribution is -2.20. The molecule has 3 aromatic carbocycles. The molecule has 0 aliphatic heterocycles. The van der Waals surface area contributed by atoms with Gasteiger partial charge in [-0.2, -0.15) is 0 Å². The Balaban J connectivity index is 1.93. The van der Waals surface area contributed by atoms with E-state index in [0.29, 0.717) is 6.54 Å². The first-order valence-corrected chi connectivity index (χ1v) is 6.61. The zero-order valence-corrected chi connectivity index (χ0v) is 11.1. The van der Waals surface area contributed by atoms with Crippen LogP contribution in [0, 0.1) is 0 Å². The molecule has 98 valence electrons. The number of anilines is 1. The highest BCUT2D eigenvalue weighted by Crippen LogP contribution is 2.22. The second kappa shape index (κ2) is 5.57. The van der Waals surface area contributed by atoms with Crippen molar-refractivity contribution in [1.82, 2.24) is 0 Å². The molecule has 0 aliphatic carbocycles. The van der Waals surface area contributed by atoms with Gasteiger partial charge in [-0.1, -0.05) is 60.7 Å². The van der Waals surface area contributed by atoms with Crippen molar-refractivity contribution < 1.29 is 4.79 Å². The summed E-state index contributed by atoms with van der Waals surface area (Å²) in [5.74, 6) is 0. The second-order valence-corrected chi connectivity index (χ2v) is 4.75. The third kappa shape index (κ3) is 2.54. The van der Waals surface area contributed by atoms with Gasteiger partial charge in [0, 0.05) is 5.69 Å². The number of benzene rings is 3. The number of amides is 1. The van der Waals surface area contributed by atoms with Gasteiger partial charge >= 0.3 is 0 Å². The molecule has 2 heteroatoms. The minimum absolute atomic E-state index is 0.586. The summed E-state index contributed by atoms with van der Waals surface area (Å²) in [6.07, 6.45) is 0.886. The van der Waals surface area contributed by atoms with Gasteiger partial charge in [-0.15, -0.1) is 0 Å².